The van der Waals surface area contributed by atoms with Crippen molar-refractivity contribution in [3.8, 4) is 11.3 Å². The normalized spacial score (nSPS) is 16.8. The lowest BCUT2D eigenvalue weighted by atomic mass is 9.91. The predicted molar refractivity (Wildman–Crippen MR) is 104 cm³/mol. The van der Waals surface area contributed by atoms with E-state index in [1.807, 2.05) is 13.2 Å². The lowest BCUT2D eigenvalue weighted by Gasteiger charge is -2.33. The van der Waals surface area contributed by atoms with Crippen LogP contribution >= 0.6 is 0 Å². The number of urea groups is 1. The Morgan fingerprint density at radius 2 is 1.89 bits per heavy atom. The van der Waals surface area contributed by atoms with Gasteiger partial charge in [-0.25, -0.2) is 14.8 Å². The molecule has 2 aromatic heterocycles. The number of hydrogen-bond acceptors (Lipinski definition) is 5. The average Bonchev–Trinajstić information content (AvgIpc) is 3.07. The van der Waals surface area contributed by atoms with Gasteiger partial charge in [-0.1, -0.05) is 0 Å². The second-order valence-electron chi connectivity index (χ2n) is 7.56. The van der Waals surface area contributed by atoms with Gasteiger partial charge in [-0.05, 0) is 6.42 Å². The molecule has 0 radical (unpaired) electrons. The Labute approximate surface area is 165 Å². The molecule has 0 unspecified atom stereocenters. The summed E-state index contributed by atoms with van der Waals surface area (Å²) in [5, 5.41) is 4.24. The molecule has 0 saturated heterocycles. The molecule has 9 heteroatoms. The number of carbonyl (C=O) groups is 2. The van der Waals surface area contributed by atoms with E-state index >= 15 is 0 Å². The first-order chi connectivity index (χ1) is 13.3. The fraction of sp³-hybridized carbons (Fsp3) is 0.526. The van der Waals surface area contributed by atoms with E-state index in [0.717, 1.165) is 22.5 Å². The fourth-order valence-electron chi connectivity index (χ4n) is 3.57. The maximum absolute atomic E-state index is 12.9. The Balaban J connectivity index is 2.04. The third kappa shape index (κ3) is 3.97. The number of amides is 3. The van der Waals surface area contributed by atoms with Crippen LogP contribution in [0.1, 0.15) is 11.3 Å². The van der Waals surface area contributed by atoms with Gasteiger partial charge in [0.15, 0.2) is 0 Å². The van der Waals surface area contributed by atoms with Gasteiger partial charge < -0.3 is 14.7 Å². The van der Waals surface area contributed by atoms with E-state index in [-0.39, 0.29) is 17.9 Å². The van der Waals surface area contributed by atoms with Crippen LogP contribution in [0.3, 0.4) is 0 Å². The van der Waals surface area contributed by atoms with Gasteiger partial charge in [0.1, 0.15) is 6.33 Å². The molecule has 0 aliphatic carbocycles. The highest BCUT2D eigenvalue weighted by atomic mass is 16.2. The van der Waals surface area contributed by atoms with Crippen LogP contribution in [-0.4, -0.2) is 87.7 Å². The molecular formula is C19H27N7O2. The molecule has 3 amide bonds. The molecule has 1 atom stereocenters. The molecule has 2 aromatic rings. The van der Waals surface area contributed by atoms with Gasteiger partial charge in [0.05, 0.1) is 17.8 Å². The highest BCUT2D eigenvalue weighted by molar-refractivity contribution is 5.81. The largest absolute Gasteiger partial charge is 0.349 e. The third-order valence-corrected chi connectivity index (χ3v) is 4.97. The lowest BCUT2D eigenvalue weighted by molar-refractivity contribution is -0.133. The molecular weight excluding hydrogens is 358 g/mol. The first kappa shape index (κ1) is 19.8. The smallest absolute Gasteiger partial charge is 0.319 e. The van der Waals surface area contributed by atoms with E-state index in [2.05, 4.69) is 15.1 Å². The first-order valence-electron chi connectivity index (χ1n) is 9.27. The topological polar surface area (TPSA) is 87.5 Å². The van der Waals surface area contributed by atoms with Crippen LogP contribution in [0.15, 0.2) is 18.7 Å². The molecule has 150 valence electrons. The molecule has 3 heterocycles. The van der Waals surface area contributed by atoms with E-state index in [1.54, 1.807) is 60.1 Å². The second kappa shape index (κ2) is 7.95. The summed E-state index contributed by atoms with van der Waals surface area (Å²) in [5.74, 6) is -0.371. The highest BCUT2D eigenvalue weighted by Gasteiger charge is 2.31. The molecule has 1 aliphatic heterocycles. The average molecular weight is 385 g/mol. The quantitative estimate of drug-likeness (QED) is 0.758. The number of carbonyl (C=O) groups excluding carboxylic acids is 2. The number of aryl methyl sites for hydroxylation is 1. The monoisotopic (exact) mass is 385 g/mol. The SMILES string of the molecule is CN(C)C(=O)[C@@H]1Cc2c(ncnc2-c2cnn(C)c2)CCN(C(=O)N(C)C)C1. The van der Waals surface area contributed by atoms with Gasteiger partial charge >= 0.3 is 6.03 Å². The first-order valence-corrected chi connectivity index (χ1v) is 9.27. The van der Waals surface area contributed by atoms with Gasteiger partial charge in [0.25, 0.3) is 0 Å². The maximum Gasteiger partial charge on any atom is 0.319 e. The standard InChI is InChI=1S/C19H27N7O2/c1-23(2)18(27)13-8-15-16(6-7-26(11-13)19(28)24(3)4)20-12-21-17(15)14-9-22-25(5)10-14/h9-10,12-13H,6-8,11H2,1-5H3/t13-/m1/s1. The maximum atomic E-state index is 12.9. The summed E-state index contributed by atoms with van der Waals surface area (Å²) in [4.78, 5) is 39.3. The van der Waals surface area contributed by atoms with Gasteiger partial charge in [-0.15, -0.1) is 0 Å². The zero-order valence-corrected chi connectivity index (χ0v) is 17.1. The van der Waals surface area contributed by atoms with Crippen molar-refractivity contribution < 1.29 is 9.59 Å². The highest BCUT2D eigenvalue weighted by Crippen LogP contribution is 2.28. The Morgan fingerprint density at radius 3 is 2.50 bits per heavy atom. The van der Waals surface area contributed by atoms with Crippen molar-refractivity contribution in [3.05, 3.63) is 30.0 Å². The minimum absolute atomic E-state index is 0.00889. The second-order valence-corrected chi connectivity index (χ2v) is 7.56. The summed E-state index contributed by atoms with van der Waals surface area (Å²) >= 11 is 0. The Kier molecular flexibility index (Phi) is 5.62. The zero-order chi connectivity index (χ0) is 20.4. The Bertz CT molecular complexity index is 875. The minimum Gasteiger partial charge on any atom is -0.349 e. The molecule has 3 rings (SSSR count). The van der Waals surface area contributed by atoms with Crippen molar-refractivity contribution in [3.63, 3.8) is 0 Å². The van der Waals surface area contributed by atoms with Gasteiger partial charge in [0, 0.05) is 77.8 Å². The summed E-state index contributed by atoms with van der Waals surface area (Å²) in [7, 11) is 8.78. The number of fused-ring (bicyclic) bond motifs is 1. The fourth-order valence-corrected chi connectivity index (χ4v) is 3.57. The van der Waals surface area contributed by atoms with Crippen molar-refractivity contribution in [1.29, 1.82) is 0 Å². The van der Waals surface area contributed by atoms with Crippen LogP contribution in [0.5, 0.6) is 0 Å². The van der Waals surface area contributed by atoms with Crippen LogP contribution in [0.4, 0.5) is 4.79 Å². The summed E-state index contributed by atoms with van der Waals surface area (Å²) < 4.78 is 1.73. The summed E-state index contributed by atoms with van der Waals surface area (Å²) in [6.07, 6.45) is 6.32. The molecule has 0 saturated carbocycles. The Morgan fingerprint density at radius 1 is 1.14 bits per heavy atom. The summed E-state index contributed by atoms with van der Waals surface area (Å²) in [5.41, 5.74) is 3.55. The van der Waals surface area contributed by atoms with E-state index < -0.39 is 0 Å². The van der Waals surface area contributed by atoms with Crippen LogP contribution < -0.4 is 0 Å². The molecule has 1 aliphatic rings. The number of nitrogens with zero attached hydrogens (tertiary/aromatic N) is 7. The van der Waals surface area contributed by atoms with Crippen molar-refractivity contribution in [1.82, 2.24) is 34.4 Å². The van der Waals surface area contributed by atoms with Gasteiger partial charge in [-0.2, -0.15) is 5.10 Å². The summed E-state index contributed by atoms with van der Waals surface area (Å²) in [6.45, 7) is 0.875. The zero-order valence-electron chi connectivity index (χ0n) is 17.1. The molecule has 0 spiro atoms. The van der Waals surface area contributed by atoms with Crippen LogP contribution in [0.25, 0.3) is 11.3 Å². The third-order valence-electron chi connectivity index (χ3n) is 4.97. The molecule has 9 nitrogen and oxygen atoms in total. The molecule has 0 N–H and O–H groups in total. The van der Waals surface area contributed by atoms with E-state index in [0.29, 0.717) is 25.9 Å². The van der Waals surface area contributed by atoms with Crippen molar-refractivity contribution >= 4 is 11.9 Å². The van der Waals surface area contributed by atoms with E-state index in [1.165, 1.54) is 0 Å². The lowest BCUT2D eigenvalue weighted by Crippen LogP contribution is -2.47. The van der Waals surface area contributed by atoms with Crippen molar-refractivity contribution in [2.24, 2.45) is 13.0 Å². The van der Waals surface area contributed by atoms with E-state index in [9.17, 15) is 9.59 Å². The van der Waals surface area contributed by atoms with Crippen molar-refractivity contribution in [2.45, 2.75) is 12.8 Å². The molecule has 0 aromatic carbocycles. The number of aromatic nitrogens is 4. The predicted octanol–water partition coefficient (Wildman–Crippen LogP) is 0.664. The van der Waals surface area contributed by atoms with Crippen LogP contribution in [0.2, 0.25) is 0 Å². The Hall–Kier alpha value is -2.97. The van der Waals surface area contributed by atoms with Gasteiger partial charge in [-0.3, -0.25) is 9.48 Å². The summed E-state index contributed by atoms with van der Waals surface area (Å²) in [6, 6.07) is -0.0958. The molecule has 0 bridgehead atoms. The molecule has 28 heavy (non-hydrogen) atoms. The van der Waals surface area contributed by atoms with Gasteiger partial charge in [0.2, 0.25) is 5.91 Å². The number of hydrogen-bond donors (Lipinski definition) is 0. The van der Waals surface area contributed by atoms with Crippen LogP contribution in [-0.2, 0) is 24.7 Å². The minimum atomic E-state index is -0.362. The van der Waals surface area contributed by atoms with Crippen LogP contribution in [0, 0.1) is 5.92 Å². The van der Waals surface area contributed by atoms with Crippen molar-refractivity contribution in [2.75, 3.05) is 41.3 Å². The molecule has 0 fully saturated rings. The van der Waals surface area contributed by atoms with E-state index in [4.69, 9.17) is 0 Å². The number of rotatable bonds is 2.